The average Bonchev–Trinajstić information content (AvgIpc) is 3.11. The zero-order chi connectivity index (χ0) is 18.8. The molecule has 0 spiro atoms. The predicted octanol–water partition coefficient (Wildman–Crippen LogP) is 2.86. The highest BCUT2D eigenvalue weighted by molar-refractivity contribution is 7.99. The number of hydrogen-bond donors (Lipinski definition) is 1. The topological polar surface area (TPSA) is 107 Å². The van der Waals surface area contributed by atoms with Gasteiger partial charge in [0.2, 0.25) is 0 Å². The highest BCUT2D eigenvalue weighted by Crippen LogP contribution is 2.51. The zero-order valence-corrected chi connectivity index (χ0v) is 15.0. The number of nitro groups is 1. The number of carbonyl (C=O) groups excluding carboxylic acids is 2. The fraction of sp³-hybridized carbons (Fsp3) is 0.444. The Bertz CT molecular complexity index is 759. The molecule has 1 aliphatic heterocycles. The SMILES string of the molecule is CCOC(=O)C1=C(O)[C@@H]2CSC[C@@H]2C(C=O)[C@H]1c1ccc([N+](=O)[O-])cc1. The molecule has 1 aliphatic carbocycles. The van der Waals surface area contributed by atoms with E-state index in [0.717, 1.165) is 12.0 Å². The maximum atomic E-state index is 12.5. The van der Waals surface area contributed by atoms with Crippen molar-refractivity contribution in [3.05, 3.63) is 51.3 Å². The van der Waals surface area contributed by atoms with E-state index in [4.69, 9.17) is 4.74 Å². The second-order valence-electron chi connectivity index (χ2n) is 6.37. The number of fused-ring (bicyclic) bond motifs is 1. The van der Waals surface area contributed by atoms with E-state index in [9.17, 15) is 24.8 Å². The number of esters is 1. The molecule has 0 bridgehead atoms. The van der Waals surface area contributed by atoms with Gasteiger partial charge in [-0.2, -0.15) is 11.8 Å². The number of aliphatic hydroxyl groups excluding tert-OH is 1. The molecule has 1 aromatic rings. The van der Waals surface area contributed by atoms with Gasteiger partial charge in [-0.1, -0.05) is 12.1 Å². The average molecular weight is 377 g/mol. The first-order valence-corrected chi connectivity index (χ1v) is 9.52. The largest absolute Gasteiger partial charge is 0.511 e. The van der Waals surface area contributed by atoms with Gasteiger partial charge in [-0.15, -0.1) is 0 Å². The molecule has 2 aliphatic rings. The summed E-state index contributed by atoms with van der Waals surface area (Å²) in [6.07, 6.45) is 0.835. The zero-order valence-electron chi connectivity index (χ0n) is 14.2. The van der Waals surface area contributed by atoms with Crippen LogP contribution in [-0.4, -0.2) is 40.4 Å². The lowest BCUT2D eigenvalue weighted by molar-refractivity contribution is -0.384. The number of allylic oxidation sites excluding steroid dienone is 1. The quantitative estimate of drug-likeness (QED) is 0.364. The lowest BCUT2D eigenvalue weighted by Crippen LogP contribution is -2.38. The summed E-state index contributed by atoms with van der Waals surface area (Å²) in [5.41, 5.74) is 0.603. The van der Waals surface area contributed by atoms with Crippen LogP contribution in [0.5, 0.6) is 0 Å². The molecule has 0 amide bonds. The summed E-state index contributed by atoms with van der Waals surface area (Å²) in [6, 6.07) is 5.75. The van der Waals surface area contributed by atoms with E-state index in [1.165, 1.54) is 24.3 Å². The second kappa shape index (κ2) is 7.49. The molecule has 0 radical (unpaired) electrons. The molecule has 1 fully saturated rings. The van der Waals surface area contributed by atoms with Crippen molar-refractivity contribution in [3.63, 3.8) is 0 Å². The molecule has 3 rings (SSSR count). The molecule has 4 atom stereocenters. The van der Waals surface area contributed by atoms with Crippen LogP contribution in [0.4, 0.5) is 5.69 Å². The van der Waals surface area contributed by atoms with Crippen LogP contribution >= 0.6 is 11.8 Å². The Labute approximate surface area is 154 Å². The van der Waals surface area contributed by atoms with E-state index in [-0.39, 0.29) is 35.5 Å². The number of carbonyl (C=O) groups is 2. The Morgan fingerprint density at radius 1 is 1.38 bits per heavy atom. The third kappa shape index (κ3) is 3.09. The molecule has 8 heteroatoms. The number of rotatable bonds is 5. The van der Waals surface area contributed by atoms with Gasteiger partial charge < -0.3 is 14.6 Å². The first-order valence-electron chi connectivity index (χ1n) is 8.37. The number of benzene rings is 1. The first kappa shape index (κ1) is 18.4. The summed E-state index contributed by atoms with van der Waals surface area (Å²) in [7, 11) is 0. The molecule has 138 valence electrons. The number of aldehydes is 1. The van der Waals surface area contributed by atoms with Gasteiger partial charge in [-0.3, -0.25) is 10.1 Å². The summed E-state index contributed by atoms with van der Waals surface area (Å²) in [6.45, 7) is 1.82. The van der Waals surface area contributed by atoms with Crippen LogP contribution in [0.2, 0.25) is 0 Å². The van der Waals surface area contributed by atoms with Crippen LogP contribution < -0.4 is 0 Å². The number of thioether (sulfide) groups is 1. The standard InChI is InChI=1S/C18H19NO6S/c1-2-25-18(22)16-15(10-3-5-11(6-4-10)19(23)24)12(7-20)13-8-26-9-14(13)17(16)21/h3-7,12-15,21H,2,8-9H2,1H3/t12?,13-,14-,15-/m1/s1. The van der Waals surface area contributed by atoms with Crippen LogP contribution in [-0.2, 0) is 14.3 Å². The molecule has 0 saturated carbocycles. The van der Waals surface area contributed by atoms with Crippen molar-refractivity contribution in [2.75, 3.05) is 18.1 Å². The Balaban J connectivity index is 2.11. The Morgan fingerprint density at radius 3 is 2.65 bits per heavy atom. The highest BCUT2D eigenvalue weighted by Gasteiger charge is 2.49. The Morgan fingerprint density at radius 2 is 2.08 bits per heavy atom. The normalized spacial score (nSPS) is 27.7. The lowest BCUT2D eigenvalue weighted by Gasteiger charge is -2.37. The number of nitrogens with zero attached hydrogens (tertiary/aromatic N) is 1. The summed E-state index contributed by atoms with van der Waals surface area (Å²) in [5, 5.41) is 21.7. The molecule has 26 heavy (non-hydrogen) atoms. The Kier molecular flexibility index (Phi) is 5.31. The molecule has 7 nitrogen and oxygen atoms in total. The third-order valence-electron chi connectivity index (χ3n) is 5.06. The summed E-state index contributed by atoms with van der Waals surface area (Å²) in [5.74, 6) is -0.775. The van der Waals surface area contributed by atoms with Gasteiger partial charge in [0.05, 0.1) is 17.1 Å². The van der Waals surface area contributed by atoms with Gasteiger partial charge in [-0.25, -0.2) is 4.79 Å². The van der Waals surface area contributed by atoms with Crippen LogP contribution in [0.25, 0.3) is 0 Å². The number of aliphatic hydroxyl groups is 1. The van der Waals surface area contributed by atoms with E-state index in [1.807, 2.05) is 0 Å². The van der Waals surface area contributed by atoms with Crippen molar-refractivity contribution in [2.24, 2.45) is 17.8 Å². The molecular formula is C18H19NO6S. The second-order valence-corrected chi connectivity index (χ2v) is 7.44. The van der Waals surface area contributed by atoms with Gasteiger partial charge in [0.15, 0.2) is 0 Å². The number of nitro benzene ring substituents is 1. The Hall–Kier alpha value is -2.35. The first-order chi connectivity index (χ1) is 12.5. The molecule has 1 saturated heterocycles. The van der Waals surface area contributed by atoms with Crippen LogP contribution in [0.1, 0.15) is 18.4 Å². The van der Waals surface area contributed by atoms with Crippen molar-refractivity contribution < 1.29 is 24.4 Å². The van der Waals surface area contributed by atoms with Crippen LogP contribution in [0.15, 0.2) is 35.6 Å². The fourth-order valence-corrected chi connectivity index (χ4v) is 5.36. The maximum Gasteiger partial charge on any atom is 0.338 e. The monoisotopic (exact) mass is 377 g/mol. The van der Waals surface area contributed by atoms with Gasteiger partial charge in [0.25, 0.3) is 5.69 Å². The molecule has 1 aromatic carbocycles. The van der Waals surface area contributed by atoms with Crippen molar-refractivity contribution in [1.82, 2.24) is 0 Å². The number of ether oxygens (including phenoxy) is 1. The third-order valence-corrected chi connectivity index (χ3v) is 6.27. The van der Waals surface area contributed by atoms with Crippen molar-refractivity contribution in [1.29, 1.82) is 0 Å². The lowest BCUT2D eigenvalue weighted by atomic mass is 9.65. The van der Waals surface area contributed by atoms with Gasteiger partial charge >= 0.3 is 5.97 Å². The summed E-state index contributed by atoms with van der Waals surface area (Å²) < 4.78 is 5.12. The minimum Gasteiger partial charge on any atom is -0.511 e. The number of hydrogen-bond acceptors (Lipinski definition) is 7. The van der Waals surface area contributed by atoms with Gasteiger partial charge in [-0.05, 0) is 24.2 Å². The molecule has 0 aromatic heterocycles. The number of non-ortho nitro benzene ring substituents is 1. The predicted molar refractivity (Wildman–Crippen MR) is 96.0 cm³/mol. The smallest absolute Gasteiger partial charge is 0.338 e. The minimum atomic E-state index is -0.674. The van der Waals surface area contributed by atoms with Gasteiger partial charge in [0, 0.05) is 35.6 Å². The molecular weight excluding hydrogens is 358 g/mol. The molecule has 1 heterocycles. The summed E-state index contributed by atoms with van der Waals surface area (Å²) >= 11 is 1.64. The fourth-order valence-electron chi connectivity index (χ4n) is 3.84. The van der Waals surface area contributed by atoms with E-state index >= 15 is 0 Å². The maximum absolute atomic E-state index is 12.5. The van der Waals surface area contributed by atoms with E-state index < -0.39 is 22.7 Å². The van der Waals surface area contributed by atoms with Crippen molar-refractivity contribution in [2.45, 2.75) is 12.8 Å². The van der Waals surface area contributed by atoms with Crippen molar-refractivity contribution in [3.8, 4) is 0 Å². The van der Waals surface area contributed by atoms with E-state index in [1.54, 1.807) is 18.7 Å². The molecule has 1 N–H and O–H groups in total. The van der Waals surface area contributed by atoms with Crippen molar-refractivity contribution >= 4 is 29.7 Å². The summed E-state index contributed by atoms with van der Waals surface area (Å²) in [4.78, 5) is 34.8. The molecule has 1 unspecified atom stereocenters. The highest BCUT2D eigenvalue weighted by atomic mass is 32.2. The van der Waals surface area contributed by atoms with Crippen LogP contribution in [0.3, 0.4) is 0 Å². The van der Waals surface area contributed by atoms with Gasteiger partial charge in [0.1, 0.15) is 12.0 Å². The minimum absolute atomic E-state index is 0.0140. The van der Waals surface area contributed by atoms with Crippen LogP contribution in [0, 0.1) is 27.9 Å². The van der Waals surface area contributed by atoms with E-state index in [0.29, 0.717) is 11.3 Å². The van der Waals surface area contributed by atoms with E-state index in [2.05, 4.69) is 0 Å².